The molecule has 1 amide bonds. The Morgan fingerprint density at radius 3 is 2.50 bits per heavy atom. The molecule has 0 saturated heterocycles. The SMILES string of the molecule is COC(=O)N(c1cc2cccc(CS(=O)O)c2nc1-c1cccc(F)c1)C(C)(C)C. The Bertz CT molecular complexity index is 1130. The number of carbonyl (C=O) groups is 1. The van der Waals surface area contributed by atoms with Gasteiger partial charge < -0.3 is 9.29 Å². The van der Waals surface area contributed by atoms with E-state index in [0.717, 1.165) is 0 Å². The number of aromatic nitrogens is 1. The third-order valence-corrected chi connectivity index (χ3v) is 5.11. The fourth-order valence-electron chi connectivity index (χ4n) is 3.34. The highest BCUT2D eigenvalue weighted by atomic mass is 32.2. The number of carbonyl (C=O) groups excluding carboxylic acids is 1. The number of rotatable bonds is 4. The second-order valence-corrected chi connectivity index (χ2v) is 8.73. The summed E-state index contributed by atoms with van der Waals surface area (Å²) < 4.78 is 39.8. The molecule has 0 fully saturated rings. The Balaban J connectivity index is 2.38. The molecule has 0 bridgehead atoms. The molecule has 0 radical (unpaired) electrons. The highest BCUT2D eigenvalue weighted by Gasteiger charge is 2.32. The lowest BCUT2D eigenvalue weighted by molar-refractivity contribution is 0.172. The quantitative estimate of drug-likeness (QED) is 0.580. The number of pyridine rings is 1. The maximum atomic E-state index is 14.0. The Kier molecular flexibility index (Phi) is 6.19. The summed E-state index contributed by atoms with van der Waals surface area (Å²) in [4.78, 5) is 18.9. The van der Waals surface area contributed by atoms with Gasteiger partial charge in [0.25, 0.3) is 0 Å². The van der Waals surface area contributed by atoms with E-state index < -0.39 is 28.5 Å². The topological polar surface area (TPSA) is 79.7 Å². The number of ether oxygens (including phenoxy) is 1. The normalized spacial score (nSPS) is 12.6. The summed E-state index contributed by atoms with van der Waals surface area (Å²) in [6.45, 7) is 5.57. The second kappa shape index (κ2) is 8.49. The zero-order valence-electron chi connectivity index (χ0n) is 17.2. The van der Waals surface area contributed by atoms with Crippen molar-refractivity contribution in [2.24, 2.45) is 0 Å². The van der Waals surface area contributed by atoms with Gasteiger partial charge in [-0.15, -0.1) is 0 Å². The monoisotopic (exact) mass is 430 g/mol. The number of methoxy groups -OCH3 is 1. The fourth-order valence-corrected chi connectivity index (χ4v) is 3.84. The van der Waals surface area contributed by atoms with Crippen molar-refractivity contribution >= 4 is 33.8 Å². The molecule has 0 aliphatic heterocycles. The molecule has 1 heterocycles. The van der Waals surface area contributed by atoms with E-state index in [0.29, 0.717) is 33.4 Å². The van der Waals surface area contributed by atoms with E-state index in [1.54, 1.807) is 30.3 Å². The maximum Gasteiger partial charge on any atom is 0.414 e. The molecule has 6 nitrogen and oxygen atoms in total. The molecular formula is C22H23FN2O4S. The van der Waals surface area contributed by atoms with Gasteiger partial charge in [0.2, 0.25) is 0 Å². The number of hydrogen-bond donors (Lipinski definition) is 1. The molecule has 0 saturated carbocycles. The highest BCUT2D eigenvalue weighted by Crippen LogP contribution is 2.37. The Morgan fingerprint density at radius 1 is 1.20 bits per heavy atom. The van der Waals surface area contributed by atoms with Crippen LogP contribution in [0.3, 0.4) is 0 Å². The predicted octanol–water partition coefficient (Wildman–Crippen LogP) is 5.13. The van der Waals surface area contributed by atoms with Crippen LogP contribution in [-0.2, 0) is 21.6 Å². The second-order valence-electron chi connectivity index (χ2n) is 7.80. The van der Waals surface area contributed by atoms with Gasteiger partial charge >= 0.3 is 6.09 Å². The number of fused-ring (bicyclic) bond motifs is 1. The van der Waals surface area contributed by atoms with Gasteiger partial charge in [-0.2, -0.15) is 0 Å². The zero-order chi connectivity index (χ0) is 22.1. The van der Waals surface area contributed by atoms with Crippen LogP contribution in [0.15, 0.2) is 48.5 Å². The third kappa shape index (κ3) is 4.49. The van der Waals surface area contributed by atoms with E-state index in [9.17, 15) is 17.9 Å². The van der Waals surface area contributed by atoms with Crippen LogP contribution in [0.5, 0.6) is 0 Å². The summed E-state index contributed by atoms with van der Waals surface area (Å²) in [7, 11) is 1.30. The first kappa shape index (κ1) is 21.9. The fraction of sp³-hybridized carbons (Fsp3) is 0.273. The standard InChI is InChI=1S/C22H23FN2O4S/c1-22(2,3)25(21(26)29-4)18-12-15-7-5-9-16(13-30(27)28)19(15)24-20(18)14-8-6-10-17(23)11-14/h5-12H,13H2,1-4H3,(H,27,28). The van der Waals surface area contributed by atoms with E-state index in [4.69, 9.17) is 9.72 Å². The average molecular weight is 431 g/mol. The molecule has 1 aromatic heterocycles. The average Bonchev–Trinajstić information content (AvgIpc) is 2.66. The zero-order valence-corrected chi connectivity index (χ0v) is 18.0. The van der Waals surface area contributed by atoms with Crippen LogP contribution >= 0.6 is 0 Å². The summed E-state index contributed by atoms with van der Waals surface area (Å²) in [6, 6.07) is 13.0. The van der Waals surface area contributed by atoms with Gasteiger partial charge in [-0.25, -0.2) is 18.4 Å². The molecule has 0 aliphatic rings. The predicted molar refractivity (Wildman–Crippen MR) is 116 cm³/mol. The summed E-state index contributed by atoms with van der Waals surface area (Å²) >= 11 is -2.05. The minimum absolute atomic E-state index is 0.0910. The summed E-state index contributed by atoms with van der Waals surface area (Å²) in [5.74, 6) is -0.530. The molecule has 158 valence electrons. The van der Waals surface area contributed by atoms with Gasteiger partial charge in [0.05, 0.1) is 29.8 Å². The van der Waals surface area contributed by atoms with Gasteiger partial charge in [-0.05, 0) is 44.5 Å². The van der Waals surface area contributed by atoms with Crippen LogP contribution in [-0.4, -0.2) is 32.5 Å². The van der Waals surface area contributed by atoms with Crippen molar-refractivity contribution in [1.82, 2.24) is 4.98 Å². The van der Waals surface area contributed by atoms with Gasteiger partial charge in [0.15, 0.2) is 11.1 Å². The van der Waals surface area contributed by atoms with Crippen LogP contribution < -0.4 is 4.90 Å². The maximum absolute atomic E-state index is 14.0. The first-order valence-electron chi connectivity index (χ1n) is 9.26. The Labute approximate surface area is 177 Å². The summed E-state index contributed by atoms with van der Waals surface area (Å²) in [5, 5.41) is 0.686. The molecule has 1 atom stereocenters. The molecular weight excluding hydrogens is 407 g/mol. The largest absolute Gasteiger partial charge is 0.452 e. The highest BCUT2D eigenvalue weighted by molar-refractivity contribution is 7.78. The molecule has 30 heavy (non-hydrogen) atoms. The van der Waals surface area contributed by atoms with Gasteiger partial charge in [-0.3, -0.25) is 4.90 Å². The number of halogens is 1. The van der Waals surface area contributed by atoms with E-state index in [1.807, 2.05) is 26.8 Å². The minimum atomic E-state index is -2.05. The van der Waals surface area contributed by atoms with Crippen LogP contribution in [0, 0.1) is 5.82 Å². The van der Waals surface area contributed by atoms with Gasteiger partial charge in [0.1, 0.15) is 5.82 Å². The van der Waals surface area contributed by atoms with Crippen LogP contribution in [0.1, 0.15) is 26.3 Å². The van der Waals surface area contributed by atoms with Crippen molar-refractivity contribution in [2.75, 3.05) is 12.0 Å². The number of anilines is 1. The minimum Gasteiger partial charge on any atom is -0.452 e. The van der Waals surface area contributed by atoms with Crippen LogP contribution in [0.4, 0.5) is 14.9 Å². The van der Waals surface area contributed by atoms with Gasteiger partial charge in [0, 0.05) is 16.5 Å². The number of hydrogen-bond acceptors (Lipinski definition) is 4. The number of amides is 1. The third-order valence-electron chi connectivity index (χ3n) is 4.56. The van der Waals surface area contributed by atoms with Crippen LogP contribution in [0.2, 0.25) is 0 Å². The van der Waals surface area contributed by atoms with E-state index in [1.165, 1.54) is 24.1 Å². The molecule has 2 aromatic carbocycles. The number of para-hydroxylation sites is 1. The smallest absolute Gasteiger partial charge is 0.414 e. The van der Waals surface area contributed by atoms with Crippen molar-refractivity contribution in [3.63, 3.8) is 0 Å². The van der Waals surface area contributed by atoms with Crippen molar-refractivity contribution < 1.29 is 22.7 Å². The summed E-state index contributed by atoms with van der Waals surface area (Å²) in [5.41, 5.74) is 1.74. The van der Waals surface area contributed by atoms with E-state index >= 15 is 0 Å². The Morgan fingerprint density at radius 2 is 1.90 bits per heavy atom. The van der Waals surface area contributed by atoms with Crippen molar-refractivity contribution in [2.45, 2.75) is 32.1 Å². The molecule has 0 spiro atoms. The lowest BCUT2D eigenvalue weighted by Crippen LogP contribution is -2.46. The van der Waals surface area contributed by atoms with E-state index in [-0.39, 0.29) is 5.75 Å². The lowest BCUT2D eigenvalue weighted by Gasteiger charge is -2.35. The van der Waals surface area contributed by atoms with Gasteiger partial charge in [-0.1, -0.05) is 30.3 Å². The first-order valence-corrected chi connectivity index (χ1v) is 10.5. The van der Waals surface area contributed by atoms with Crippen molar-refractivity contribution in [3.8, 4) is 11.3 Å². The molecule has 3 aromatic rings. The van der Waals surface area contributed by atoms with E-state index in [2.05, 4.69) is 0 Å². The molecule has 1 N–H and O–H groups in total. The molecule has 0 aliphatic carbocycles. The Hall–Kier alpha value is -2.84. The van der Waals surface area contributed by atoms with Crippen LogP contribution in [0.25, 0.3) is 22.2 Å². The molecule has 3 rings (SSSR count). The number of benzene rings is 2. The lowest BCUT2D eigenvalue weighted by atomic mass is 10.0. The summed E-state index contributed by atoms with van der Waals surface area (Å²) in [6.07, 6.45) is -0.575. The van der Waals surface area contributed by atoms with Crippen molar-refractivity contribution in [3.05, 3.63) is 59.9 Å². The molecule has 1 unspecified atom stereocenters. The first-order chi connectivity index (χ1) is 14.1. The number of nitrogens with zero attached hydrogens (tertiary/aromatic N) is 2. The van der Waals surface area contributed by atoms with Crippen molar-refractivity contribution in [1.29, 1.82) is 0 Å². The molecule has 8 heteroatoms.